The Hall–Kier alpha value is -2.80. The van der Waals surface area contributed by atoms with Crippen LogP contribution in [0.5, 0.6) is 0 Å². The lowest BCUT2D eigenvalue weighted by Crippen LogP contribution is -2.30. The van der Waals surface area contributed by atoms with Crippen molar-refractivity contribution in [2.75, 3.05) is 13.2 Å². The molecule has 7 nitrogen and oxygen atoms in total. The summed E-state index contributed by atoms with van der Waals surface area (Å²) in [5.41, 5.74) is 2.36. The highest BCUT2D eigenvalue weighted by atomic mass is 35.5. The standard InChI is InChI=1S/C21H25ClN2O5/c1-12(2)29-20(26)18-13(3)19(24-14(18)4)21(27)28-11-17(25)23-9-8-15-6-5-7-16(22)10-15/h5-7,10,12,24H,8-9,11H2,1-4H3,(H,23,25). The Balaban J connectivity index is 1.87. The molecule has 0 aliphatic heterocycles. The van der Waals surface area contributed by atoms with Crippen molar-refractivity contribution >= 4 is 29.4 Å². The molecule has 29 heavy (non-hydrogen) atoms. The fourth-order valence-corrected chi connectivity index (χ4v) is 3.04. The molecule has 1 heterocycles. The van der Waals surface area contributed by atoms with Gasteiger partial charge in [-0.2, -0.15) is 0 Å². The molecule has 8 heteroatoms. The minimum absolute atomic E-state index is 0.130. The van der Waals surface area contributed by atoms with Gasteiger partial charge in [-0.1, -0.05) is 23.7 Å². The topological polar surface area (TPSA) is 97.5 Å². The summed E-state index contributed by atoms with van der Waals surface area (Å²) in [6, 6.07) is 7.36. The SMILES string of the molecule is Cc1[nH]c(C(=O)OCC(=O)NCCc2cccc(Cl)c2)c(C)c1C(=O)OC(C)C. The number of esters is 2. The minimum atomic E-state index is -0.709. The minimum Gasteiger partial charge on any atom is -0.459 e. The van der Waals surface area contributed by atoms with Crippen LogP contribution in [-0.2, 0) is 20.7 Å². The van der Waals surface area contributed by atoms with Crippen LogP contribution < -0.4 is 5.32 Å². The molecular formula is C21H25ClN2O5. The molecule has 0 saturated heterocycles. The van der Waals surface area contributed by atoms with Gasteiger partial charge in [0.25, 0.3) is 5.91 Å². The van der Waals surface area contributed by atoms with E-state index in [1.165, 1.54) is 0 Å². The first-order valence-electron chi connectivity index (χ1n) is 9.27. The Labute approximate surface area is 174 Å². The zero-order valence-corrected chi connectivity index (χ0v) is 17.7. The van der Waals surface area contributed by atoms with E-state index in [2.05, 4.69) is 10.3 Å². The Morgan fingerprint density at radius 2 is 1.90 bits per heavy atom. The molecular weight excluding hydrogens is 396 g/mol. The first kappa shape index (κ1) is 22.5. The number of benzene rings is 1. The highest BCUT2D eigenvalue weighted by Gasteiger charge is 2.24. The number of amides is 1. The summed E-state index contributed by atoms with van der Waals surface area (Å²) in [4.78, 5) is 39.3. The van der Waals surface area contributed by atoms with E-state index in [4.69, 9.17) is 21.1 Å². The molecule has 0 spiro atoms. The largest absolute Gasteiger partial charge is 0.459 e. The third kappa shape index (κ3) is 6.35. The van der Waals surface area contributed by atoms with Gasteiger partial charge in [0.15, 0.2) is 6.61 Å². The van der Waals surface area contributed by atoms with Crippen molar-refractivity contribution in [3.8, 4) is 0 Å². The van der Waals surface area contributed by atoms with E-state index < -0.39 is 24.5 Å². The maximum Gasteiger partial charge on any atom is 0.355 e. The number of hydrogen-bond donors (Lipinski definition) is 2. The van der Waals surface area contributed by atoms with Crippen LogP contribution >= 0.6 is 11.6 Å². The molecule has 156 valence electrons. The molecule has 0 unspecified atom stereocenters. The lowest BCUT2D eigenvalue weighted by Gasteiger charge is -2.08. The maximum atomic E-state index is 12.3. The van der Waals surface area contributed by atoms with Crippen molar-refractivity contribution < 1.29 is 23.9 Å². The Morgan fingerprint density at radius 1 is 1.17 bits per heavy atom. The lowest BCUT2D eigenvalue weighted by molar-refractivity contribution is -0.124. The van der Waals surface area contributed by atoms with Crippen molar-refractivity contribution in [3.05, 3.63) is 57.4 Å². The average molecular weight is 421 g/mol. The molecule has 1 aromatic carbocycles. The molecule has 0 bridgehead atoms. The second kappa shape index (κ2) is 10.1. The van der Waals surface area contributed by atoms with E-state index in [-0.39, 0.29) is 11.8 Å². The van der Waals surface area contributed by atoms with Gasteiger partial charge in [-0.25, -0.2) is 9.59 Å². The lowest BCUT2D eigenvalue weighted by atomic mass is 10.1. The third-order valence-corrected chi connectivity index (χ3v) is 4.38. The molecule has 1 amide bonds. The quantitative estimate of drug-likeness (QED) is 0.638. The number of aromatic nitrogens is 1. The maximum absolute atomic E-state index is 12.3. The Kier molecular flexibility index (Phi) is 7.84. The Morgan fingerprint density at radius 3 is 2.55 bits per heavy atom. The van der Waals surface area contributed by atoms with Gasteiger partial charge in [-0.05, 0) is 57.4 Å². The van der Waals surface area contributed by atoms with E-state index in [0.717, 1.165) is 5.56 Å². The first-order chi connectivity index (χ1) is 13.7. The zero-order chi connectivity index (χ0) is 21.6. The van der Waals surface area contributed by atoms with Gasteiger partial charge in [0, 0.05) is 17.3 Å². The van der Waals surface area contributed by atoms with Crippen LogP contribution in [0.2, 0.25) is 5.02 Å². The van der Waals surface area contributed by atoms with Gasteiger partial charge in [-0.3, -0.25) is 4.79 Å². The number of H-pyrrole nitrogens is 1. The summed E-state index contributed by atoms with van der Waals surface area (Å²) in [7, 11) is 0. The number of halogens is 1. The van der Waals surface area contributed by atoms with E-state index in [1.807, 2.05) is 18.2 Å². The first-order valence-corrected chi connectivity index (χ1v) is 9.65. The molecule has 0 aliphatic rings. The number of hydrogen-bond acceptors (Lipinski definition) is 5. The van der Waals surface area contributed by atoms with Crippen LogP contribution in [0, 0.1) is 13.8 Å². The number of carbonyl (C=O) groups excluding carboxylic acids is 3. The van der Waals surface area contributed by atoms with Crippen LogP contribution in [0.1, 0.15) is 51.5 Å². The van der Waals surface area contributed by atoms with Gasteiger partial charge >= 0.3 is 11.9 Å². The molecule has 2 rings (SSSR count). The van der Waals surface area contributed by atoms with Crippen molar-refractivity contribution in [1.82, 2.24) is 10.3 Å². The number of carbonyl (C=O) groups is 3. The summed E-state index contributed by atoms with van der Waals surface area (Å²) in [5.74, 6) is -1.64. The molecule has 2 N–H and O–H groups in total. The van der Waals surface area contributed by atoms with Gasteiger partial charge in [-0.15, -0.1) is 0 Å². The number of ether oxygens (including phenoxy) is 2. The number of nitrogens with one attached hydrogen (secondary N) is 2. The normalized spacial score (nSPS) is 10.7. The monoisotopic (exact) mass is 420 g/mol. The predicted octanol–water partition coefficient (Wildman–Crippen LogP) is 3.37. The fourth-order valence-electron chi connectivity index (χ4n) is 2.83. The third-order valence-electron chi connectivity index (χ3n) is 4.15. The molecule has 0 aliphatic carbocycles. The van der Waals surface area contributed by atoms with Crippen LogP contribution in [0.15, 0.2) is 24.3 Å². The van der Waals surface area contributed by atoms with Crippen LogP contribution in [0.3, 0.4) is 0 Å². The average Bonchev–Trinajstić information content (AvgIpc) is 2.93. The van der Waals surface area contributed by atoms with Crippen molar-refractivity contribution in [1.29, 1.82) is 0 Å². The van der Waals surface area contributed by atoms with Gasteiger partial charge in [0.05, 0.1) is 11.7 Å². The molecule has 0 saturated carbocycles. The summed E-state index contributed by atoms with van der Waals surface area (Å²) in [6.07, 6.45) is 0.332. The number of aryl methyl sites for hydroxylation is 1. The molecule has 0 fully saturated rings. The highest BCUT2D eigenvalue weighted by Crippen LogP contribution is 2.20. The van der Waals surface area contributed by atoms with Crippen molar-refractivity contribution in [2.45, 2.75) is 40.2 Å². The molecule has 2 aromatic rings. The summed E-state index contributed by atoms with van der Waals surface area (Å²) >= 11 is 5.92. The van der Waals surface area contributed by atoms with Crippen LogP contribution in [-0.4, -0.2) is 42.1 Å². The second-order valence-electron chi connectivity index (χ2n) is 6.89. The van der Waals surface area contributed by atoms with E-state index in [1.54, 1.807) is 33.8 Å². The van der Waals surface area contributed by atoms with Crippen LogP contribution in [0.4, 0.5) is 0 Å². The predicted molar refractivity (Wildman–Crippen MR) is 109 cm³/mol. The van der Waals surface area contributed by atoms with E-state index >= 15 is 0 Å². The number of rotatable bonds is 8. The van der Waals surface area contributed by atoms with Crippen LogP contribution in [0.25, 0.3) is 0 Å². The zero-order valence-electron chi connectivity index (χ0n) is 16.9. The number of aromatic amines is 1. The van der Waals surface area contributed by atoms with Gasteiger partial charge in [0.1, 0.15) is 5.69 Å². The molecule has 0 radical (unpaired) electrons. The van der Waals surface area contributed by atoms with Crippen molar-refractivity contribution in [2.24, 2.45) is 0 Å². The second-order valence-corrected chi connectivity index (χ2v) is 7.32. The molecule has 1 aromatic heterocycles. The summed E-state index contributed by atoms with van der Waals surface area (Å²) in [5, 5.41) is 3.32. The summed E-state index contributed by atoms with van der Waals surface area (Å²) in [6.45, 7) is 6.76. The van der Waals surface area contributed by atoms with Crippen molar-refractivity contribution in [3.63, 3.8) is 0 Å². The van der Waals surface area contributed by atoms with Gasteiger partial charge in [0.2, 0.25) is 0 Å². The molecule has 0 atom stereocenters. The highest BCUT2D eigenvalue weighted by molar-refractivity contribution is 6.30. The fraction of sp³-hybridized carbons (Fsp3) is 0.381. The van der Waals surface area contributed by atoms with Gasteiger partial charge < -0.3 is 19.8 Å². The Bertz CT molecular complexity index is 904. The van der Waals surface area contributed by atoms with E-state index in [0.29, 0.717) is 34.8 Å². The summed E-state index contributed by atoms with van der Waals surface area (Å²) < 4.78 is 10.3. The van der Waals surface area contributed by atoms with E-state index in [9.17, 15) is 14.4 Å². The smallest absolute Gasteiger partial charge is 0.355 e.